The zero-order valence-corrected chi connectivity index (χ0v) is 39.1. The first kappa shape index (κ1) is 52.5. The summed E-state index contributed by atoms with van der Waals surface area (Å²) < 4.78 is 29.2. The van der Waals surface area contributed by atoms with Gasteiger partial charge in [0.15, 0.2) is 5.78 Å². The molecule has 356 valence electrons. The van der Waals surface area contributed by atoms with E-state index in [0.717, 1.165) is 6.42 Å². The minimum absolute atomic E-state index is 0.0990. The van der Waals surface area contributed by atoms with E-state index in [0.29, 0.717) is 82.6 Å². The van der Waals surface area contributed by atoms with E-state index in [2.05, 4.69) is 0 Å². The predicted molar refractivity (Wildman–Crippen MR) is 236 cm³/mol. The molecule has 2 saturated heterocycles. The number of esters is 1. The predicted octanol–water partition coefficient (Wildman–Crippen LogP) is 5.77. The number of Topliss-reactive ketones (excluding diaryl/α,β-unsaturated/α-hetero) is 3. The average molecular weight is 888 g/mol. The number of fused-ring (bicyclic) bond motifs is 3. The van der Waals surface area contributed by atoms with Crippen molar-refractivity contribution in [2.45, 2.75) is 185 Å². The first-order valence-corrected chi connectivity index (χ1v) is 23.4. The molecule has 0 aromatic carbocycles. The molecule has 3 fully saturated rings. The highest BCUT2D eigenvalue weighted by Gasteiger charge is 2.53. The van der Waals surface area contributed by atoms with Crippen molar-refractivity contribution >= 4 is 29.2 Å². The zero-order valence-electron chi connectivity index (χ0n) is 39.1. The van der Waals surface area contributed by atoms with Crippen LogP contribution in [-0.4, -0.2) is 132 Å². The third-order valence-electron chi connectivity index (χ3n) is 14.1. The molecule has 4 aliphatic rings. The van der Waals surface area contributed by atoms with Crippen molar-refractivity contribution in [2.24, 2.45) is 29.6 Å². The third-order valence-corrected chi connectivity index (χ3v) is 14.1. The molecule has 1 saturated carbocycles. The highest BCUT2D eigenvalue weighted by atomic mass is 16.6. The minimum atomic E-state index is -2.39. The highest BCUT2D eigenvalue weighted by Crippen LogP contribution is 2.37. The lowest BCUT2D eigenvalue weighted by Gasteiger charge is -2.42. The Bertz CT molecular complexity index is 1630. The Morgan fingerprint density at radius 2 is 1.56 bits per heavy atom. The number of ether oxygens (including phenoxy) is 5. The summed E-state index contributed by atoms with van der Waals surface area (Å²) in [4.78, 5) is 71.4. The largest absolute Gasteiger partial charge is 0.460 e. The number of amides is 1. The van der Waals surface area contributed by atoms with E-state index in [1.165, 1.54) is 12.0 Å². The van der Waals surface area contributed by atoms with Crippen LogP contribution in [0, 0.1) is 29.6 Å². The number of piperidine rings is 1. The van der Waals surface area contributed by atoms with Gasteiger partial charge >= 0.3 is 5.97 Å². The van der Waals surface area contributed by atoms with E-state index in [1.807, 2.05) is 38.2 Å². The topological polar surface area (TPSA) is 195 Å². The molecule has 2 bridgehead atoms. The number of aliphatic hydroxyl groups excluding tert-OH is 2. The molecule has 0 spiro atoms. The first-order chi connectivity index (χ1) is 29.9. The summed E-state index contributed by atoms with van der Waals surface area (Å²) in [5, 5.41) is 33.7. The van der Waals surface area contributed by atoms with E-state index in [1.54, 1.807) is 41.1 Å². The molecular formula is C49H77NO13. The van der Waals surface area contributed by atoms with Crippen LogP contribution in [0.5, 0.6) is 0 Å². The summed E-state index contributed by atoms with van der Waals surface area (Å²) in [7, 11) is 4.55. The number of ketones is 3. The number of methoxy groups -OCH3 is 3. The van der Waals surface area contributed by atoms with Gasteiger partial charge in [-0.1, -0.05) is 58.1 Å². The van der Waals surface area contributed by atoms with Crippen molar-refractivity contribution in [3.05, 3.63) is 36.0 Å². The lowest BCUT2D eigenvalue weighted by molar-refractivity contribution is -0.266. The van der Waals surface area contributed by atoms with Gasteiger partial charge in [-0.05, 0) is 114 Å². The van der Waals surface area contributed by atoms with Gasteiger partial charge < -0.3 is 43.9 Å². The number of cyclic esters (lactones) is 1. The molecule has 0 unspecified atom stereocenters. The molecular weight excluding hydrogens is 811 g/mol. The summed E-state index contributed by atoms with van der Waals surface area (Å²) in [6, 6.07) is -1.13. The molecule has 0 aromatic heterocycles. The SMILES string of the molecule is CO[C@@H]1CC/C=C/C=C/CC[C@@H](C)C(=O)[C@H](OC)[C@H](O)/C(C)=C\[C@@H](C)C(=O)C[C@@H]([C@H](C)C[C@H]2CC[C@@H](O)[C@H](OC)C2)OC(=O)[C@@H]2CCCCN2C(=O)C(=O)[C@]2(O)O[C@@H](CC[C@H]2C)C1. The molecule has 3 heterocycles. The molecule has 3 N–H and O–H groups in total. The van der Waals surface area contributed by atoms with Gasteiger partial charge in [0.2, 0.25) is 5.79 Å². The van der Waals surface area contributed by atoms with Crippen LogP contribution in [-0.2, 0) is 47.7 Å². The summed E-state index contributed by atoms with van der Waals surface area (Å²) in [6.07, 6.45) is 12.0. The van der Waals surface area contributed by atoms with Gasteiger partial charge in [-0.25, -0.2) is 4.79 Å². The standard InChI is InChI=1S/C49H77NO13/c1-30-17-13-11-9-10-12-14-18-36(59-6)28-37-22-20-34(5)49(58,63-37)46(55)47(56)50-24-16-15-19-38(50)48(57)62-41(32(3)26-35-21-23-39(51)42(27-35)60-7)29-40(52)31(2)25-33(4)44(54)45(61-8)43(30)53/h9-12,25,30-32,34-39,41-42,44-45,51,54,58H,13-24,26-29H2,1-8H3/b11-9+,12-10+,33-25-/t30-,31-,32-,34-,35-,36-,37+,38+,39-,41+,42-,44-,45+,49-/m1/s1. The second-order valence-electron chi connectivity index (χ2n) is 18.8. The maximum absolute atomic E-state index is 14.3. The second-order valence-corrected chi connectivity index (χ2v) is 18.8. The van der Waals surface area contributed by atoms with Crippen LogP contribution in [0.2, 0.25) is 0 Å². The van der Waals surface area contributed by atoms with Crippen LogP contribution in [0.25, 0.3) is 0 Å². The van der Waals surface area contributed by atoms with Crippen molar-refractivity contribution in [2.75, 3.05) is 27.9 Å². The molecule has 0 radical (unpaired) electrons. The average Bonchev–Trinajstić information content (AvgIpc) is 3.27. The quantitative estimate of drug-likeness (QED) is 0.166. The van der Waals surface area contributed by atoms with Gasteiger partial charge in [-0.15, -0.1) is 0 Å². The van der Waals surface area contributed by atoms with Gasteiger partial charge in [-0.2, -0.15) is 0 Å². The van der Waals surface area contributed by atoms with E-state index in [9.17, 15) is 39.3 Å². The van der Waals surface area contributed by atoms with Crippen LogP contribution >= 0.6 is 0 Å². The van der Waals surface area contributed by atoms with Crippen molar-refractivity contribution < 1.29 is 63.0 Å². The molecule has 14 atom stereocenters. The lowest BCUT2D eigenvalue weighted by atomic mass is 9.78. The first-order valence-electron chi connectivity index (χ1n) is 23.4. The van der Waals surface area contributed by atoms with E-state index in [4.69, 9.17) is 23.7 Å². The molecule has 1 aliphatic carbocycles. The van der Waals surface area contributed by atoms with Crippen LogP contribution in [0.4, 0.5) is 0 Å². The van der Waals surface area contributed by atoms with Crippen molar-refractivity contribution in [1.29, 1.82) is 0 Å². The summed E-state index contributed by atoms with van der Waals surface area (Å²) in [6.45, 7) is 8.84. The Morgan fingerprint density at radius 3 is 2.22 bits per heavy atom. The van der Waals surface area contributed by atoms with Crippen LogP contribution in [0.15, 0.2) is 36.0 Å². The van der Waals surface area contributed by atoms with E-state index >= 15 is 0 Å². The van der Waals surface area contributed by atoms with Crippen LogP contribution in [0.3, 0.4) is 0 Å². The Morgan fingerprint density at radius 1 is 0.857 bits per heavy atom. The summed E-state index contributed by atoms with van der Waals surface area (Å²) >= 11 is 0. The van der Waals surface area contributed by atoms with Crippen molar-refractivity contribution in [3.8, 4) is 0 Å². The molecule has 0 aromatic rings. The summed E-state index contributed by atoms with van der Waals surface area (Å²) in [5.41, 5.74) is 0.395. The number of hydrogen-bond acceptors (Lipinski definition) is 13. The summed E-state index contributed by atoms with van der Waals surface area (Å²) in [5.74, 6) is -7.80. The van der Waals surface area contributed by atoms with Crippen LogP contribution in [0.1, 0.15) is 131 Å². The number of hydrogen-bond donors (Lipinski definition) is 3. The normalized spacial score (nSPS) is 39.4. The molecule has 1 amide bonds. The zero-order chi connectivity index (χ0) is 46.4. The van der Waals surface area contributed by atoms with Crippen LogP contribution < -0.4 is 0 Å². The minimum Gasteiger partial charge on any atom is -0.460 e. The number of allylic oxidation sites excluding steroid dienone is 5. The van der Waals surface area contributed by atoms with Crippen molar-refractivity contribution in [1.82, 2.24) is 4.90 Å². The fraction of sp³-hybridized carbons (Fsp3) is 0.776. The maximum Gasteiger partial charge on any atom is 0.329 e. The smallest absolute Gasteiger partial charge is 0.329 e. The third kappa shape index (κ3) is 14.2. The molecule has 4 rings (SSSR count). The second kappa shape index (κ2) is 25.0. The Kier molecular flexibility index (Phi) is 20.8. The van der Waals surface area contributed by atoms with Gasteiger partial charge in [0.05, 0.1) is 24.4 Å². The molecule has 14 nitrogen and oxygen atoms in total. The number of nitrogens with zero attached hydrogens (tertiary/aromatic N) is 1. The molecule has 14 heteroatoms. The fourth-order valence-electron chi connectivity index (χ4n) is 9.77. The maximum atomic E-state index is 14.3. The highest BCUT2D eigenvalue weighted by molar-refractivity contribution is 6.39. The number of carbonyl (C=O) groups is 5. The molecule has 3 aliphatic heterocycles. The number of aliphatic hydroxyl groups is 3. The Balaban J connectivity index is 1.66. The lowest BCUT2D eigenvalue weighted by Crippen LogP contribution is -2.61. The Hall–Kier alpha value is -3.11. The fourth-order valence-corrected chi connectivity index (χ4v) is 9.77. The number of rotatable bonds is 6. The van der Waals surface area contributed by atoms with Gasteiger partial charge in [0.1, 0.15) is 30.1 Å². The monoisotopic (exact) mass is 888 g/mol. The van der Waals surface area contributed by atoms with Gasteiger partial charge in [0.25, 0.3) is 11.7 Å². The molecule has 63 heavy (non-hydrogen) atoms. The van der Waals surface area contributed by atoms with E-state index < -0.39 is 77.8 Å². The Labute approximate surface area is 375 Å². The van der Waals surface area contributed by atoms with Gasteiger partial charge in [-0.3, -0.25) is 19.2 Å². The van der Waals surface area contributed by atoms with E-state index in [-0.39, 0.29) is 55.0 Å². The van der Waals surface area contributed by atoms with Crippen molar-refractivity contribution in [3.63, 3.8) is 0 Å². The number of carbonyl (C=O) groups excluding carboxylic acids is 5. The van der Waals surface area contributed by atoms with Gasteiger partial charge in [0, 0.05) is 52.0 Å².